The molecule has 1 atom stereocenters. The smallest absolute Gasteiger partial charge is 0.330 e. The number of esters is 1. The average molecular weight is 184 g/mol. The molecule has 0 unspecified atom stereocenters. The Hall–Kier alpha value is -1.19. The van der Waals surface area contributed by atoms with Crippen LogP contribution in [0.15, 0.2) is 12.4 Å². The molecule has 0 amide bonds. The van der Waals surface area contributed by atoms with E-state index < -0.39 is 5.60 Å². The highest BCUT2D eigenvalue weighted by atomic mass is 16.6. The van der Waals surface area contributed by atoms with Crippen molar-refractivity contribution in [3.8, 4) is 0 Å². The Kier molecular flexibility index (Phi) is 2.50. The van der Waals surface area contributed by atoms with Gasteiger partial charge in [-0.15, -0.1) is 0 Å². The number of ether oxygens (including phenoxy) is 1. The fourth-order valence-electron chi connectivity index (χ4n) is 1.05. The molecule has 4 heteroatoms. The van der Waals surface area contributed by atoms with Crippen LogP contribution in [-0.4, -0.2) is 24.2 Å². The zero-order chi connectivity index (χ0) is 10.1. The van der Waals surface area contributed by atoms with E-state index in [0.717, 1.165) is 0 Å². The first-order valence-electron chi connectivity index (χ1n) is 4.31. The summed E-state index contributed by atoms with van der Waals surface area (Å²) in [7, 11) is 0. The second-order valence-electron chi connectivity index (χ2n) is 4.09. The maximum absolute atomic E-state index is 11.4. The summed E-state index contributed by atoms with van der Waals surface area (Å²) in [5.41, 5.74) is -0.428. The zero-order valence-corrected chi connectivity index (χ0v) is 8.31. The number of hydrogen-bond acceptors (Lipinski definition) is 4. The first kappa shape index (κ1) is 9.89. The van der Waals surface area contributed by atoms with Crippen LogP contribution in [0.1, 0.15) is 20.8 Å². The van der Waals surface area contributed by atoms with Crippen LogP contribution in [-0.2, 0) is 9.53 Å². The first-order valence-corrected chi connectivity index (χ1v) is 4.31. The highest BCUT2D eigenvalue weighted by Crippen LogP contribution is 2.09. The van der Waals surface area contributed by atoms with Crippen LogP contribution < -0.4 is 10.6 Å². The molecule has 0 aromatic carbocycles. The van der Waals surface area contributed by atoms with Crippen molar-refractivity contribution in [2.45, 2.75) is 32.4 Å². The van der Waals surface area contributed by atoms with Crippen molar-refractivity contribution in [1.82, 2.24) is 10.6 Å². The Morgan fingerprint density at radius 3 is 2.62 bits per heavy atom. The number of carbonyl (C=O) groups is 1. The molecule has 0 bridgehead atoms. The molecule has 0 aliphatic carbocycles. The normalized spacial score (nSPS) is 22.1. The van der Waals surface area contributed by atoms with Crippen LogP contribution in [0.4, 0.5) is 0 Å². The molecule has 0 aromatic heterocycles. The molecule has 4 nitrogen and oxygen atoms in total. The maximum atomic E-state index is 11.4. The third-order valence-electron chi connectivity index (χ3n) is 1.56. The molecule has 0 saturated carbocycles. The molecule has 1 heterocycles. The SMILES string of the molecule is C=C1NC[C@@H](C(=O)OC(C)(C)C)N1. The minimum absolute atomic E-state index is 0.237. The van der Waals surface area contributed by atoms with Gasteiger partial charge in [-0.3, -0.25) is 0 Å². The molecule has 1 aliphatic rings. The van der Waals surface area contributed by atoms with E-state index in [-0.39, 0.29) is 12.0 Å². The topological polar surface area (TPSA) is 50.4 Å². The molecule has 1 rings (SSSR count). The summed E-state index contributed by atoms with van der Waals surface area (Å²) in [5, 5.41) is 5.83. The quantitative estimate of drug-likeness (QED) is 0.578. The number of hydrogen-bond donors (Lipinski definition) is 2. The van der Waals surface area contributed by atoms with Crippen molar-refractivity contribution in [3.05, 3.63) is 12.4 Å². The summed E-state index contributed by atoms with van der Waals surface area (Å²) >= 11 is 0. The lowest BCUT2D eigenvalue weighted by Crippen LogP contribution is -2.38. The maximum Gasteiger partial charge on any atom is 0.330 e. The summed E-state index contributed by atoms with van der Waals surface area (Å²) in [6, 6.07) is -0.299. The molecule has 1 saturated heterocycles. The summed E-state index contributed by atoms with van der Waals surface area (Å²) in [4.78, 5) is 11.4. The highest BCUT2D eigenvalue weighted by Gasteiger charge is 2.28. The van der Waals surface area contributed by atoms with Crippen molar-refractivity contribution < 1.29 is 9.53 Å². The van der Waals surface area contributed by atoms with Gasteiger partial charge in [0.25, 0.3) is 0 Å². The third-order valence-corrected chi connectivity index (χ3v) is 1.56. The highest BCUT2D eigenvalue weighted by molar-refractivity contribution is 5.77. The minimum Gasteiger partial charge on any atom is -0.458 e. The van der Waals surface area contributed by atoms with Gasteiger partial charge in [-0.2, -0.15) is 0 Å². The van der Waals surface area contributed by atoms with E-state index >= 15 is 0 Å². The molecule has 0 radical (unpaired) electrons. The Morgan fingerprint density at radius 1 is 1.62 bits per heavy atom. The van der Waals surface area contributed by atoms with Gasteiger partial charge in [0.05, 0.1) is 5.82 Å². The van der Waals surface area contributed by atoms with Crippen LogP contribution in [0.25, 0.3) is 0 Å². The molecule has 74 valence electrons. The van der Waals surface area contributed by atoms with Gasteiger partial charge < -0.3 is 15.4 Å². The zero-order valence-electron chi connectivity index (χ0n) is 8.31. The van der Waals surface area contributed by atoms with E-state index in [1.807, 2.05) is 20.8 Å². The van der Waals surface area contributed by atoms with Crippen molar-refractivity contribution >= 4 is 5.97 Å². The Morgan fingerprint density at radius 2 is 2.23 bits per heavy atom. The summed E-state index contributed by atoms with van der Waals surface area (Å²) in [6.45, 7) is 9.75. The van der Waals surface area contributed by atoms with Crippen LogP contribution in [0, 0.1) is 0 Å². The number of nitrogens with one attached hydrogen (secondary N) is 2. The van der Waals surface area contributed by atoms with E-state index in [1.165, 1.54) is 0 Å². The molecule has 0 aromatic rings. The van der Waals surface area contributed by atoms with Gasteiger partial charge >= 0.3 is 5.97 Å². The van der Waals surface area contributed by atoms with E-state index in [9.17, 15) is 4.79 Å². The van der Waals surface area contributed by atoms with Crippen molar-refractivity contribution in [1.29, 1.82) is 0 Å². The molecule has 2 N–H and O–H groups in total. The lowest BCUT2D eigenvalue weighted by atomic mass is 10.2. The van der Waals surface area contributed by atoms with Gasteiger partial charge in [0, 0.05) is 6.54 Å². The summed E-state index contributed by atoms with van der Waals surface area (Å²) in [5.74, 6) is 0.439. The van der Waals surface area contributed by atoms with Crippen molar-refractivity contribution in [3.63, 3.8) is 0 Å². The van der Waals surface area contributed by atoms with Gasteiger partial charge in [-0.1, -0.05) is 6.58 Å². The predicted octanol–water partition coefficient (Wildman–Crippen LogP) is 0.361. The van der Waals surface area contributed by atoms with Crippen LogP contribution in [0.5, 0.6) is 0 Å². The van der Waals surface area contributed by atoms with Crippen LogP contribution in [0.3, 0.4) is 0 Å². The molecular formula is C9H16N2O2. The second-order valence-corrected chi connectivity index (χ2v) is 4.09. The predicted molar refractivity (Wildman–Crippen MR) is 49.9 cm³/mol. The van der Waals surface area contributed by atoms with Crippen LogP contribution >= 0.6 is 0 Å². The molecule has 1 aliphatic heterocycles. The summed E-state index contributed by atoms with van der Waals surface area (Å²) < 4.78 is 5.19. The van der Waals surface area contributed by atoms with E-state index in [4.69, 9.17) is 4.74 Å². The Balaban J connectivity index is 2.45. The first-order chi connectivity index (χ1) is 5.88. The van der Waals surface area contributed by atoms with Gasteiger partial charge in [0.2, 0.25) is 0 Å². The summed E-state index contributed by atoms with van der Waals surface area (Å²) in [6.07, 6.45) is 0. The molecule has 13 heavy (non-hydrogen) atoms. The second kappa shape index (κ2) is 3.28. The fourth-order valence-corrected chi connectivity index (χ4v) is 1.05. The lowest BCUT2D eigenvalue weighted by molar-refractivity contribution is -0.156. The Bertz CT molecular complexity index is 230. The Labute approximate surface area is 78.3 Å². The van der Waals surface area contributed by atoms with Crippen molar-refractivity contribution in [2.24, 2.45) is 0 Å². The lowest BCUT2D eigenvalue weighted by Gasteiger charge is -2.21. The van der Waals surface area contributed by atoms with Crippen molar-refractivity contribution in [2.75, 3.05) is 6.54 Å². The monoisotopic (exact) mass is 184 g/mol. The average Bonchev–Trinajstić information content (AvgIpc) is 2.31. The standard InChI is InChI=1S/C9H16N2O2/c1-6-10-5-7(11-6)8(12)13-9(2,3)4/h7,10-11H,1,5H2,2-4H3/t7-/m0/s1. The van der Waals surface area contributed by atoms with Gasteiger partial charge in [0.15, 0.2) is 0 Å². The fraction of sp³-hybridized carbons (Fsp3) is 0.667. The van der Waals surface area contributed by atoms with E-state index in [2.05, 4.69) is 17.2 Å². The van der Waals surface area contributed by atoms with E-state index in [1.54, 1.807) is 0 Å². The molecular weight excluding hydrogens is 168 g/mol. The molecule has 1 fully saturated rings. The van der Waals surface area contributed by atoms with Gasteiger partial charge in [-0.25, -0.2) is 4.79 Å². The van der Waals surface area contributed by atoms with E-state index in [0.29, 0.717) is 12.4 Å². The van der Waals surface area contributed by atoms with Crippen LogP contribution in [0.2, 0.25) is 0 Å². The largest absolute Gasteiger partial charge is 0.458 e. The van der Waals surface area contributed by atoms with Gasteiger partial charge in [0.1, 0.15) is 11.6 Å². The third kappa shape index (κ3) is 2.97. The minimum atomic E-state index is -0.428. The van der Waals surface area contributed by atoms with Gasteiger partial charge in [-0.05, 0) is 20.8 Å². The number of carbonyl (C=O) groups excluding carboxylic acids is 1. The molecule has 0 spiro atoms. The number of rotatable bonds is 1.